The summed E-state index contributed by atoms with van der Waals surface area (Å²) in [7, 11) is 6.06. The van der Waals surface area contributed by atoms with E-state index in [0.29, 0.717) is 0 Å². The molecule has 0 aliphatic carbocycles. The van der Waals surface area contributed by atoms with Crippen LogP contribution in [0.5, 0.6) is 5.75 Å². The Labute approximate surface area is 190 Å². The number of hydrogen-bond donors (Lipinski definition) is 0. The molecule has 0 spiro atoms. The van der Waals surface area contributed by atoms with Gasteiger partial charge in [0.2, 0.25) is 0 Å². The third-order valence-corrected chi connectivity index (χ3v) is 6.80. The highest BCUT2D eigenvalue weighted by Gasteiger charge is 2.36. The molecule has 2 aliphatic heterocycles. The van der Waals surface area contributed by atoms with E-state index in [1.54, 1.807) is 12.4 Å². The van der Waals surface area contributed by atoms with E-state index >= 15 is 0 Å². The van der Waals surface area contributed by atoms with Crippen molar-refractivity contribution in [3.05, 3.63) is 47.2 Å². The highest BCUT2D eigenvalue weighted by Crippen LogP contribution is 2.41. The molecule has 2 aromatic rings. The topological polar surface area (TPSA) is 55.6 Å². The monoisotopic (exact) mass is 439 g/mol. The Morgan fingerprint density at radius 1 is 1.26 bits per heavy atom. The zero-order valence-electron chi connectivity index (χ0n) is 18.5. The Morgan fingerprint density at radius 2 is 1.97 bits per heavy atom. The molecular formula is C24H30ClN5O. The summed E-state index contributed by atoms with van der Waals surface area (Å²) in [6.07, 6.45) is 6.25. The number of nitrogens with zero attached hydrogens (tertiary/aromatic N) is 5. The molecule has 1 atom stereocenters. The van der Waals surface area contributed by atoms with Crippen molar-refractivity contribution in [2.75, 3.05) is 57.1 Å². The molecule has 3 heterocycles. The van der Waals surface area contributed by atoms with Gasteiger partial charge in [0.15, 0.2) is 0 Å². The van der Waals surface area contributed by atoms with Crippen molar-refractivity contribution in [1.82, 2.24) is 9.88 Å². The molecule has 0 bridgehead atoms. The maximum atomic E-state index is 9.92. The predicted molar refractivity (Wildman–Crippen MR) is 125 cm³/mol. The third-order valence-electron chi connectivity index (χ3n) is 6.50. The van der Waals surface area contributed by atoms with Crippen LogP contribution in [0, 0.1) is 16.7 Å². The SMILES string of the molecule is CN(C)c1cc2c(cc1Cl)N(C)CC(CN1CCC(C#N)(Cc3ccncc3)CC1)O2. The molecule has 2 aliphatic rings. The summed E-state index contributed by atoms with van der Waals surface area (Å²) < 4.78 is 6.38. The van der Waals surface area contributed by atoms with Crippen LogP contribution in [0.2, 0.25) is 5.02 Å². The first-order valence-corrected chi connectivity index (χ1v) is 11.2. The van der Waals surface area contributed by atoms with Gasteiger partial charge in [0, 0.05) is 46.1 Å². The summed E-state index contributed by atoms with van der Waals surface area (Å²) in [6.45, 7) is 3.51. The van der Waals surface area contributed by atoms with E-state index in [1.807, 2.05) is 43.3 Å². The Bertz CT molecular complexity index is 950. The van der Waals surface area contributed by atoms with Crippen LogP contribution >= 0.6 is 11.6 Å². The van der Waals surface area contributed by atoms with Crippen LogP contribution in [0.3, 0.4) is 0 Å². The minimum atomic E-state index is -0.286. The molecule has 1 unspecified atom stereocenters. The number of halogens is 1. The smallest absolute Gasteiger partial charge is 0.145 e. The van der Waals surface area contributed by atoms with Crippen molar-refractivity contribution >= 4 is 23.0 Å². The summed E-state index contributed by atoms with van der Waals surface area (Å²) in [5.74, 6) is 0.882. The fourth-order valence-corrected chi connectivity index (χ4v) is 4.98. The van der Waals surface area contributed by atoms with Crippen molar-refractivity contribution < 1.29 is 4.74 Å². The van der Waals surface area contributed by atoms with Gasteiger partial charge in [0.1, 0.15) is 11.9 Å². The predicted octanol–water partition coefficient (Wildman–Crippen LogP) is 3.85. The Morgan fingerprint density at radius 3 is 2.61 bits per heavy atom. The van der Waals surface area contributed by atoms with Gasteiger partial charge >= 0.3 is 0 Å². The first kappa shape index (κ1) is 21.7. The Hall–Kier alpha value is -2.49. The van der Waals surface area contributed by atoms with E-state index < -0.39 is 0 Å². The molecule has 6 nitrogen and oxygen atoms in total. The van der Waals surface area contributed by atoms with Crippen LogP contribution in [0.15, 0.2) is 36.7 Å². The molecule has 1 aromatic heterocycles. The summed E-state index contributed by atoms with van der Waals surface area (Å²) >= 11 is 6.45. The summed E-state index contributed by atoms with van der Waals surface area (Å²) in [5, 5.41) is 10.6. The minimum absolute atomic E-state index is 0.0865. The lowest BCUT2D eigenvalue weighted by molar-refractivity contribution is 0.0868. The second-order valence-corrected chi connectivity index (χ2v) is 9.42. The molecular weight excluding hydrogens is 410 g/mol. The van der Waals surface area contributed by atoms with Gasteiger partial charge in [0.25, 0.3) is 0 Å². The number of anilines is 2. The van der Waals surface area contributed by atoms with Crippen LogP contribution in [0.1, 0.15) is 18.4 Å². The van der Waals surface area contributed by atoms with Crippen LogP contribution in [-0.4, -0.2) is 63.3 Å². The van der Waals surface area contributed by atoms with E-state index in [-0.39, 0.29) is 11.5 Å². The van der Waals surface area contributed by atoms with Crippen LogP contribution < -0.4 is 14.5 Å². The molecule has 0 saturated carbocycles. The van der Waals surface area contributed by atoms with Crippen LogP contribution in [-0.2, 0) is 6.42 Å². The zero-order chi connectivity index (χ0) is 22.0. The molecule has 1 aromatic carbocycles. The summed E-state index contributed by atoms with van der Waals surface area (Å²) in [5.41, 5.74) is 2.90. The Kier molecular flexibility index (Phi) is 6.27. The van der Waals surface area contributed by atoms with E-state index in [1.165, 1.54) is 5.56 Å². The van der Waals surface area contributed by atoms with Crippen molar-refractivity contribution in [1.29, 1.82) is 5.26 Å². The Balaban J connectivity index is 1.39. The number of benzene rings is 1. The molecule has 0 amide bonds. The van der Waals surface area contributed by atoms with E-state index in [0.717, 1.165) is 67.6 Å². The number of fused-ring (bicyclic) bond motifs is 1. The number of nitriles is 1. The van der Waals surface area contributed by atoms with Gasteiger partial charge in [-0.05, 0) is 56.1 Å². The fraction of sp³-hybridized carbons (Fsp3) is 0.500. The second-order valence-electron chi connectivity index (χ2n) is 9.01. The van der Waals surface area contributed by atoms with E-state index in [9.17, 15) is 5.26 Å². The largest absolute Gasteiger partial charge is 0.485 e. The van der Waals surface area contributed by atoms with Crippen molar-refractivity contribution in [3.8, 4) is 11.8 Å². The van der Waals surface area contributed by atoms with Gasteiger partial charge in [-0.1, -0.05) is 11.6 Å². The van der Waals surface area contributed by atoms with Crippen LogP contribution in [0.25, 0.3) is 0 Å². The van der Waals surface area contributed by atoms with Gasteiger partial charge < -0.3 is 14.5 Å². The molecule has 1 saturated heterocycles. The summed E-state index contributed by atoms with van der Waals surface area (Å²) in [4.78, 5) is 10.8. The van der Waals surface area contributed by atoms with Gasteiger partial charge in [-0.25, -0.2) is 0 Å². The van der Waals surface area contributed by atoms with Crippen LogP contribution in [0.4, 0.5) is 11.4 Å². The average molecular weight is 440 g/mol. The lowest BCUT2D eigenvalue weighted by Gasteiger charge is -2.41. The zero-order valence-corrected chi connectivity index (χ0v) is 19.3. The molecule has 31 heavy (non-hydrogen) atoms. The van der Waals surface area contributed by atoms with Gasteiger partial charge in [-0.3, -0.25) is 9.88 Å². The molecule has 164 valence electrons. The molecule has 4 rings (SSSR count). The first-order chi connectivity index (χ1) is 14.9. The van der Waals surface area contributed by atoms with E-state index in [4.69, 9.17) is 16.3 Å². The molecule has 7 heteroatoms. The fourth-order valence-electron chi connectivity index (χ4n) is 4.65. The number of ether oxygens (including phenoxy) is 1. The lowest BCUT2D eigenvalue weighted by atomic mass is 9.75. The van der Waals surface area contributed by atoms with E-state index in [2.05, 4.69) is 27.9 Å². The lowest BCUT2D eigenvalue weighted by Crippen LogP contribution is -2.49. The van der Waals surface area contributed by atoms with Crippen molar-refractivity contribution in [2.45, 2.75) is 25.4 Å². The molecule has 1 fully saturated rings. The quantitative estimate of drug-likeness (QED) is 0.705. The minimum Gasteiger partial charge on any atom is -0.485 e. The van der Waals surface area contributed by atoms with Gasteiger partial charge in [0.05, 0.1) is 34.4 Å². The maximum absolute atomic E-state index is 9.92. The standard InChI is InChI=1S/C24H30ClN5O/c1-28(2)21-13-23-22(12-20(21)25)29(3)15-19(31-23)16-30-10-6-24(17-26,7-11-30)14-18-4-8-27-9-5-18/h4-5,8-9,12-13,19H,6-7,10-11,14-16H2,1-3H3. The third kappa shape index (κ3) is 4.73. The number of likely N-dealkylation sites (tertiary alicyclic amines) is 1. The van der Waals surface area contributed by atoms with Gasteiger partial charge in [-0.15, -0.1) is 0 Å². The van der Waals surface area contributed by atoms with Crippen molar-refractivity contribution in [3.63, 3.8) is 0 Å². The number of pyridine rings is 1. The number of hydrogen-bond acceptors (Lipinski definition) is 6. The normalized spacial score (nSPS) is 20.5. The number of rotatable bonds is 5. The summed E-state index contributed by atoms with van der Waals surface area (Å²) in [6, 6.07) is 10.7. The first-order valence-electron chi connectivity index (χ1n) is 10.8. The second kappa shape index (κ2) is 8.94. The number of likely N-dealkylation sites (N-methyl/N-ethyl adjacent to an activating group) is 1. The number of piperidine rings is 1. The van der Waals surface area contributed by atoms with Gasteiger partial charge in [-0.2, -0.15) is 5.26 Å². The number of aromatic nitrogens is 1. The molecule has 0 radical (unpaired) electrons. The average Bonchev–Trinajstić information content (AvgIpc) is 2.76. The van der Waals surface area contributed by atoms with Crippen molar-refractivity contribution in [2.24, 2.45) is 5.41 Å². The molecule has 0 N–H and O–H groups in total. The highest BCUT2D eigenvalue weighted by atomic mass is 35.5. The maximum Gasteiger partial charge on any atom is 0.145 e. The highest BCUT2D eigenvalue weighted by molar-refractivity contribution is 6.33.